The molecule has 1 aliphatic carbocycles. The second-order valence-electron chi connectivity index (χ2n) is 8.74. The molecule has 1 aromatic carbocycles. The molecule has 4 nitrogen and oxygen atoms in total. The number of ether oxygens (including phenoxy) is 1. The number of hydrogen-bond donors (Lipinski definition) is 2. The molecule has 3 atom stereocenters. The predicted octanol–water partition coefficient (Wildman–Crippen LogP) is 4.00. The number of cyclic esters (lactones) is 1. The lowest BCUT2D eigenvalue weighted by molar-refractivity contribution is -0.156. The number of halogens is 1. The molecule has 0 aromatic heterocycles. The Bertz CT molecular complexity index is 814. The molecule has 1 heterocycles. The van der Waals surface area contributed by atoms with Gasteiger partial charge in [-0.25, -0.2) is 4.39 Å². The Labute approximate surface area is 165 Å². The molecule has 1 unspecified atom stereocenters. The van der Waals surface area contributed by atoms with Crippen LogP contribution < -0.4 is 0 Å². The SMILES string of the molecule is Cc1cc(C2=C(C=C[C@@H]3C[C@@H](O)CC(=O)O3)C(C)(C)CC(O)C2)cc(C)c1F. The van der Waals surface area contributed by atoms with Crippen molar-refractivity contribution in [2.75, 3.05) is 0 Å². The molecule has 28 heavy (non-hydrogen) atoms. The third-order valence-electron chi connectivity index (χ3n) is 5.69. The number of esters is 1. The number of allylic oxidation sites excluding steroid dienone is 2. The molecule has 1 aromatic rings. The highest BCUT2D eigenvalue weighted by Gasteiger charge is 2.34. The molecule has 152 valence electrons. The number of hydrogen-bond acceptors (Lipinski definition) is 4. The van der Waals surface area contributed by atoms with Crippen LogP contribution in [-0.2, 0) is 9.53 Å². The van der Waals surface area contributed by atoms with E-state index in [0.717, 1.165) is 16.7 Å². The summed E-state index contributed by atoms with van der Waals surface area (Å²) in [5.41, 5.74) is 3.79. The molecule has 2 N–H and O–H groups in total. The molecule has 1 aliphatic heterocycles. The first-order valence-corrected chi connectivity index (χ1v) is 9.81. The Morgan fingerprint density at radius 3 is 2.39 bits per heavy atom. The fourth-order valence-corrected chi connectivity index (χ4v) is 4.38. The van der Waals surface area contributed by atoms with Crippen LogP contribution in [0, 0.1) is 25.1 Å². The zero-order chi connectivity index (χ0) is 20.6. The van der Waals surface area contributed by atoms with Crippen LogP contribution >= 0.6 is 0 Å². The van der Waals surface area contributed by atoms with Crippen molar-refractivity contribution in [1.29, 1.82) is 0 Å². The van der Waals surface area contributed by atoms with Gasteiger partial charge in [-0.1, -0.05) is 19.9 Å². The highest BCUT2D eigenvalue weighted by Crippen LogP contribution is 2.45. The summed E-state index contributed by atoms with van der Waals surface area (Å²) in [4.78, 5) is 11.6. The van der Waals surface area contributed by atoms with Gasteiger partial charge in [0.2, 0.25) is 0 Å². The van der Waals surface area contributed by atoms with E-state index in [0.29, 0.717) is 30.4 Å². The molecular weight excluding hydrogens is 359 g/mol. The molecule has 0 radical (unpaired) electrons. The van der Waals surface area contributed by atoms with Crippen LogP contribution in [0.3, 0.4) is 0 Å². The third kappa shape index (κ3) is 4.36. The Morgan fingerprint density at radius 1 is 1.14 bits per heavy atom. The highest BCUT2D eigenvalue weighted by molar-refractivity contribution is 5.75. The van der Waals surface area contributed by atoms with Crippen LogP contribution in [0.15, 0.2) is 29.9 Å². The van der Waals surface area contributed by atoms with E-state index in [1.54, 1.807) is 13.8 Å². The van der Waals surface area contributed by atoms with E-state index in [1.165, 1.54) is 0 Å². The summed E-state index contributed by atoms with van der Waals surface area (Å²) in [6.07, 6.45) is 3.65. The second kappa shape index (κ2) is 7.80. The van der Waals surface area contributed by atoms with E-state index in [2.05, 4.69) is 13.8 Å². The van der Waals surface area contributed by atoms with Gasteiger partial charge < -0.3 is 14.9 Å². The van der Waals surface area contributed by atoms with Gasteiger partial charge in [0.25, 0.3) is 0 Å². The third-order valence-corrected chi connectivity index (χ3v) is 5.69. The zero-order valence-corrected chi connectivity index (χ0v) is 17.0. The fourth-order valence-electron chi connectivity index (χ4n) is 4.38. The summed E-state index contributed by atoms with van der Waals surface area (Å²) >= 11 is 0. The summed E-state index contributed by atoms with van der Waals surface area (Å²) in [6, 6.07) is 3.65. The van der Waals surface area contributed by atoms with E-state index >= 15 is 0 Å². The first-order chi connectivity index (χ1) is 13.1. The molecule has 0 amide bonds. The lowest BCUT2D eigenvalue weighted by Crippen LogP contribution is -2.32. The van der Waals surface area contributed by atoms with Gasteiger partial charge in [0, 0.05) is 6.42 Å². The van der Waals surface area contributed by atoms with Crippen molar-refractivity contribution in [3.8, 4) is 0 Å². The number of benzene rings is 1. The largest absolute Gasteiger partial charge is 0.458 e. The Kier molecular flexibility index (Phi) is 5.78. The monoisotopic (exact) mass is 388 g/mol. The van der Waals surface area contributed by atoms with E-state index in [4.69, 9.17) is 4.74 Å². The molecule has 1 fully saturated rings. The highest BCUT2D eigenvalue weighted by atomic mass is 19.1. The van der Waals surface area contributed by atoms with Gasteiger partial charge in [-0.15, -0.1) is 0 Å². The summed E-state index contributed by atoms with van der Waals surface area (Å²) in [5.74, 6) is -0.606. The van der Waals surface area contributed by atoms with Crippen LogP contribution in [0.2, 0.25) is 0 Å². The van der Waals surface area contributed by atoms with Crippen molar-refractivity contribution < 1.29 is 24.1 Å². The molecular formula is C23H29FO4. The first-order valence-electron chi connectivity index (χ1n) is 9.81. The van der Waals surface area contributed by atoms with Gasteiger partial charge in [0.1, 0.15) is 11.9 Å². The van der Waals surface area contributed by atoms with Gasteiger partial charge in [0.05, 0.1) is 18.6 Å². The summed E-state index contributed by atoms with van der Waals surface area (Å²) in [5, 5.41) is 20.3. The van der Waals surface area contributed by atoms with Gasteiger partial charge >= 0.3 is 5.97 Å². The minimum Gasteiger partial charge on any atom is -0.458 e. The second-order valence-corrected chi connectivity index (χ2v) is 8.74. The molecule has 0 spiro atoms. The normalized spacial score (nSPS) is 28.0. The van der Waals surface area contributed by atoms with Crippen LogP contribution in [0.5, 0.6) is 0 Å². The standard InChI is InChI=1S/C23H29FO4/c1-13-7-15(8-14(2)22(13)24)19-10-17(26)12-23(3,4)20(19)6-5-18-9-16(25)11-21(27)28-18/h5-8,16-18,25-26H,9-12H2,1-4H3/t16-,17?,18-/m1/s1. The maximum absolute atomic E-state index is 14.1. The van der Waals surface area contributed by atoms with Gasteiger partial charge in [-0.05, 0) is 78.1 Å². The molecule has 1 saturated heterocycles. The first kappa shape index (κ1) is 20.7. The number of aliphatic hydroxyl groups is 2. The zero-order valence-electron chi connectivity index (χ0n) is 17.0. The van der Waals surface area contributed by atoms with Crippen LogP contribution in [0.25, 0.3) is 5.57 Å². The number of carbonyl (C=O) groups excluding carboxylic acids is 1. The minimum absolute atomic E-state index is 0.0319. The van der Waals surface area contributed by atoms with E-state index in [9.17, 15) is 19.4 Å². The van der Waals surface area contributed by atoms with Crippen molar-refractivity contribution in [2.24, 2.45) is 5.41 Å². The van der Waals surface area contributed by atoms with Crippen molar-refractivity contribution in [3.63, 3.8) is 0 Å². The quantitative estimate of drug-likeness (QED) is 0.768. The van der Waals surface area contributed by atoms with Crippen LogP contribution in [-0.4, -0.2) is 34.5 Å². The smallest absolute Gasteiger partial charge is 0.309 e. The molecule has 0 bridgehead atoms. The van der Waals surface area contributed by atoms with Crippen LogP contribution in [0.1, 0.15) is 56.2 Å². The van der Waals surface area contributed by atoms with Crippen molar-refractivity contribution >= 4 is 11.5 Å². The summed E-state index contributed by atoms with van der Waals surface area (Å²) in [7, 11) is 0. The van der Waals surface area contributed by atoms with E-state index in [-0.39, 0.29) is 17.7 Å². The number of rotatable bonds is 3. The Balaban J connectivity index is 2.04. The lowest BCUT2D eigenvalue weighted by atomic mass is 9.69. The topological polar surface area (TPSA) is 66.8 Å². The predicted molar refractivity (Wildman–Crippen MR) is 106 cm³/mol. The number of aryl methyl sites for hydroxylation is 2. The van der Waals surface area contributed by atoms with E-state index in [1.807, 2.05) is 24.3 Å². The van der Waals surface area contributed by atoms with Crippen LogP contribution in [0.4, 0.5) is 4.39 Å². The van der Waals surface area contributed by atoms with Gasteiger partial charge in [-0.3, -0.25) is 4.79 Å². The van der Waals surface area contributed by atoms with Crippen molar-refractivity contribution in [2.45, 2.75) is 71.7 Å². The average molecular weight is 388 g/mol. The molecule has 5 heteroatoms. The summed E-state index contributed by atoms with van der Waals surface area (Å²) in [6.45, 7) is 7.63. The van der Waals surface area contributed by atoms with Gasteiger partial charge in [0.15, 0.2) is 0 Å². The van der Waals surface area contributed by atoms with E-state index < -0.39 is 24.3 Å². The van der Waals surface area contributed by atoms with Crippen molar-refractivity contribution in [3.05, 3.63) is 52.4 Å². The minimum atomic E-state index is -0.687. The maximum atomic E-state index is 14.1. The Morgan fingerprint density at radius 2 is 1.79 bits per heavy atom. The molecule has 2 aliphatic rings. The lowest BCUT2D eigenvalue weighted by Gasteiger charge is -2.37. The summed E-state index contributed by atoms with van der Waals surface area (Å²) < 4.78 is 19.4. The maximum Gasteiger partial charge on any atom is 0.309 e. The number of carbonyl (C=O) groups is 1. The molecule has 0 saturated carbocycles. The van der Waals surface area contributed by atoms with Gasteiger partial charge in [-0.2, -0.15) is 0 Å². The average Bonchev–Trinajstić information content (AvgIpc) is 2.56. The molecule has 3 rings (SSSR count). The fraction of sp³-hybridized carbons (Fsp3) is 0.522. The van der Waals surface area contributed by atoms with Crippen molar-refractivity contribution in [1.82, 2.24) is 0 Å². The number of aliphatic hydroxyl groups excluding tert-OH is 2. The Hall–Kier alpha value is -1.98.